The summed E-state index contributed by atoms with van der Waals surface area (Å²) in [6.45, 7) is 0.935. The van der Waals surface area contributed by atoms with Gasteiger partial charge in [0.2, 0.25) is 0 Å². The summed E-state index contributed by atoms with van der Waals surface area (Å²) >= 11 is 0. The van der Waals surface area contributed by atoms with Gasteiger partial charge in [0.05, 0.1) is 30.0 Å². The molecule has 1 aromatic rings. The summed E-state index contributed by atoms with van der Waals surface area (Å²) in [5.74, 6) is -0.0833. The molecule has 20 heavy (non-hydrogen) atoms. The molecular weight excluding hydrogens is 266 g/mol. The van der Waals surface area contributed by atoms with E-state index in [1.807, 2.05) is 0 Å². The zero-order valence-corrected chi connectivity index (χ0v) is 10.6. The Kier molecular flexibility index (Phi) is 2.70. The first-order chi connectivity index (χ1) is 9.63. The van der Waals surface area contributed by atoms with Crippen LogP contribution in [-0.2, 0) is 9.47 Å². The van der Waals surface area contributed by atoms with Gasteiger partial charge in [-0.25, -0.2) is 4.79 Å². The third kappa shape index (κ3) is 1.65. The second kappa shape index (κ2) is 4.41. The molecule has 0 bridgehead atoms. The van der Waals surface area contributed by atoms with Crippen LogP contribution in [0.2, 0.25) is 0 Å². The number of methoxy groups -OCH3 is 1. The summed E-state index contributed by atoms with van der Waals surface area (Å²) in [5.41, 5.74) is 0.756. The monoisotopic (exact) mass is 277 g/mol. The quantitative estimate of drug-likeness (QED) is 0.496. The standard InChI is InChI=1S/C12H11N3O5/c1-19-12(16)10-8(15(17)18)3-2-7-11(10)14-4-5-20-6-9(14)13-7/h2-3,6,13H,4-5H2,1H3. The number of nitrogens with zero attached hydrogens (tertiary/aromatic N) is 2. The molecule has 0 aromatic heterocycles. The predicted molar refractivity (Wildman–Crippen MR) is 69.4 cm³/mol. The molecule has 0 atom stereocenters. The van der Waals surface area contributed by atoms with Crippen molar-refractivity contribution in [1.82, 2.24) is 0 Å². The molecule has 0 saturated heterocycles. The number of benzene rings is 1. The molecule has 8 nitrogen and oxygen atoms in total. The van der Waals surface area contributed by atoms with Crippen LogP contribution in [0.1, 0.15) is 10.4 Å². The van der Waals surface area contributed by atoms with Crippen LogP contribution < -0.4 is 10.2 Å². The van der Waals surface area contributed by atoms with E-state index in [2.05, 4.69) is 10.1 Å². The van der Waals surface area contributed by atoms with Crippen molar-refractivity contribution in [2.24, 2.45) is 0 Å². The van der Waals surface area contributed by atoms with Gasteiger partial charge >= 0.3 is 5.97 Å². The Morgan fingerprint density at radius 3 is 3.05 bits per heavy atom. The van der Waals surface area contributed by atoms with Crippen LogP contribution in [0.15, 0.2) is 24.2 Å². The molecule has 2 heterocycles. The fourth-order valence-electron chi connectivity index (χ4n) is 2.35. The van der Waals surface area contributed by atoms with Crippen molar-refractivity contribution in [3.05, 3.63) is 39.9 Å². The largest absolute Gasteiger partial charge is 0.496 e. The molecule has 1 N–H and O–H groups in total. The molecule has 0 spiro atoms. The predicted octanol–water partition coefficient (Wildman–Crippen LogP) is 1.44. The van der Waals surface area contributed by atoms with E-state index in [1.165, 1.54) is 19.4 Å². The molecule has 0 fully saturated rings. The van der Waals surface area contributed by atoms with Gasteiger partial charge in [-0.3, -0.25) is 10.1 Å². The van der Waals surface area contributed by atoms with Crippen LogP contribution in [0.4, 0.5) is 17.1 Å². The molecular formula is C12H11N3O5. The van der Waals surface area contributed by atoms with Crippen molar-refractivity contribution in [2.45, 2.75) is 0 Å². The smallest absolute Gasteiger partial charge is 0.347 e. The average Bonchev–Trinajstić information content (AvgIpc) is 2.83. The van der Waals surface area contributed by atoms with Crippen molar-refractivity contribution in [3.8, 4) is 0 Å². The third-order valence-corrected chi connectivity index (χ3v) is 3.19. The lowest BCUT2D eigenvalue weighted by atomic mass is 10.1. The Hall–Kier alpha value is -2.77. The number of esters is 1. The molecule has 104 valence electrons. The van der Waals surface area contributed by atoms with Crippen LogP contribution in [0, 0.1) is 10.1 Å². The summed E-state index contributed by atoms with van der Waals surface area (Å²) in [6, 6.07) is 2.86. The van der Waals surface area contributed by atoms with Crippen molar-refractivity contribution in [2.75, 3.05) is 30.5 Å². The number of nitrogens with one attached hydrogen (secondary N) is 1. The Labute approximate surface area is 113 Å². The maximum absolute atomic E-state index is 11.9. The highest BCUT2D eigenvalue weighted by Gasteiger charge is 2.36. The average molecular weight is 277 g/mol. The van der Waals surface area contributed by atoms with Gasteiger partial charge in [0, 0.05) is 6.07 Å². The summed E-state index contributed by atoms with van der Waals surface area (Å²) in [5, 5.41) is 14.2. The minimum atomic E-state index is -0.733. The zero-order valence-electron chi connectivity index (χ0n) is 10.6. The van der Waals surface area contributed by atoms with Gasteiger partial charge in [-0.1, -0.05) is 0 Å². The lowest BCUT2D eigenvalue weighted by Crippen LogP contribution is -2.30. The maximum Gasteiger partial charge on any atom is 0.347 e. The molecule has 0 saturated carbocycles. The Bertz CT molecular complexity index is 640. The molecule has 2 aliphatic heterocycles. The molecule has 2 aliphatic rings. The number of carbonyl (C=O) groups excluding carboxylic acids is 1. The molecule has 0 amide bonds. The van der Waals surface area contributed by atoms with E-state index in [1.54, 1.807) is 11.0 Å². The lowest BCUT2D eigenvalue weighted by Gasteiger charge is -2.24. The SMILES string of the molecule is COC(=O)c1c([N+](=O)[O-])ccc2c1N1CCOC=C1N2. The number of rotatable bonds is 2. The first-order valence-corrected chi connectivity index (χ1v) is 5.89. The number of carbonyl (C=O) groups is 1. The number of fused-ring (bicyclic) bond motifs is 3. The Balaban J connectivity index is 2.23. The highest BCUT2D eigenvalue weighted by molar-refractivity contribution is 6.05. The van der Waals surface area contributed by atoms with E-state index in [-0.39, 0.29) is 11.3 Å². The number of hydrogen-bond acceptors (Lipinski definition) is 7. The van der Waals surface area contributed by atoms with Gasteiger partial charge in [0.25, 0.3) is 5.69 Å². The van der Waals surface area contributed by atoms with Gasteiger partial charge in [0.1, 0.15) is 18.7 Å². The van der Waals surface area contributed by atoms with E-state index < -0.39 is 10.9 Å². The van der Waals surface area contributed by atoms with Crippen LogP contribution in [0.25, 0.3) is 0 Å². The summed E-state index contributed by atoms with van der Waals surface area (Å²) in [6.07, 6.45) is 1.52. The minimum absolute atomic E-state index is 0.0483. The molecule has 0 unspecified atom stereocenters. The van der Waals surface area contributed by atoms with E-state index >= 15 is 0 Å². The molecule has 1 aromatic carbocycles. The highest BCUT2D eigenvalue weighted by atomic mass is 16.6. The fraction of sp³-hybridized carbons (Fsp3) is 0.250. The second-order valence-corrected chi connectivity index (χ2v) is 4.26. The van der Waals surface area contributed by atoms with Gasteiger partial charge in [-0.05, 0) is 6.07 Å². The van der Waals surface area contributed by atoms with Crippen molar-refractivity contribution in [3.63, 3.8) is 0 Å². The Morgan fingerprint density at radius 1 is 1.55 bits per heavy atom. The number of nitro benzene ring substituents is 1. The molecule has 0 aliphatic carbocycles. The van der Waals surface area contributed by atoms with Crippen LogP contribution in [0.3, 0.4) is 0 Å². The molecule has 0 radical (unpaired) electrons. The lowest BCUT2D eigenvalue weighted by molar-refractivity contribution is -0.385. The summed E-state index contributed by atoms with van der Waals surface area (Å²) in [7, 11) is 1.20. The van der Waals surface area contributed by atoms with Gasteiger partial charge in [-0.2, -0.15) is 0 Å². The van der Waals surface area contributed by atoms with Crippen molar-refractivity contribution < 1.29 is 19.2 Å². The van der Waals surface area contributed by atoms with Crippen LogP contribution in [-0.4, -0.2) is 31.2 Å². The van der Waals surface area contributed by atoms with Crippen molar-refractivity contribution in [1.29, 1.82) is 0 Å². The number of anilines is 2. The number of ether oxygens (including phenoxy) is 2. The fourth-order valence-corrected chi connectivity index (χ4v) is 2.35. The number of hydrogen-bond donors (Lipinski definition) is 1. The van der Waals surface area contributed by atoms with Gasteiger partial charge in [0.15, 0.2) is 5.56 Å². The highest BCUT2D eigenvalue weighted by Crippen LogP contribution is 2.43. The zero-order chi connectivity index (χ0) is 14.3. The first-order valence-electron chi connectivity index (χ1n) is 5.89. The third-order valence-electron chi connectivity index (χ3n) is 3.19. The van der Waals surface area contributed by atoms with Crippen LogP contribution in [0.5, 0.6) is 0 Å². The number of nitro groups is 1. The molecule has 8 heteroatoms. The van der Waals surface area contributed by atoms with Crippen LogP contribution >= 0.6 is 0 Å². The van der Waals surface area contributed by atoms with E-state index in [0.29, 0.717) is 30.3 Å². The van der Waals surface area contributed by atoms with Gasteiger partial charge in [-0.15, -0.1) is 0 Å². The topological polar surface area (TPSA) is 93.9 Å². The van der Waals surface area contributed by atoms with E-state index in [0.717, 1.165) is 0 Å². The normalized spacial score (nSPS) is 15.4. The summed E-state index contributed by atoms with van der Waals surface area (Å²) in [4.78, 5) is 24.2. The maximum atomic E-state index is 11.9. The summed E-state index contributed by atoms with van der Waals surface area (Å²) < 4.78 is 9.89. The minimum Gasteiger partial charge on any atom is -0.496 e. The Morgan fingerprint density at radius 2 is 2.35 bits per heavy atom. The van der Waals surface area contributed by atoms with E-state index in [4.69, 9.17) is 4.74 Å². The van der Waals surface area contributed by atoms with Crippen molar-refractivity contribution >= 4 is 23.0 Å². The van der Waals surface area contributed by atoms with E-state index in [9.17, 15) is 14.9 Å². The first kappa shape index (κ1) is 12.3. The second-order valence-electron chi connectivity index (χ2n) is 4.26. The molecule has 3 rings (SSSR count). The van der Waals surface area contributed by atoms with Gasteiger partial charge < -0.3 is 19.7 Å².